The molecule has 0 spiro atoms. The average molecular weight is 353 g/mol. The van der Waals surface area contributed by atoms with Crippen LogP contribution in [0.4, 0.5) is 13.2 Å². The van der Waals surface area contributed by atoms with E-state index in [0.29, 0.717) is 12.2 Å². The van der Waals surface area contributed by atoms with E-state index in [0.717, 1.165) is 6.07 Å². The van der Waals surface area contributed by atoms with Crippen molar-refractivity contribution in [2.75, 3.05) is 7.05 Å². The van der Waals surface area contributed by atoms with Gasteiger partial charge in [-0.05, 0) is 30.2 Å². The Hall–Kier alpha value is -2.32. The number of hydrazine groups is 1. The van der Waals surface area contributed by atoms with E-state index in [4.69, 9.17) is 4.42 Å². The average Bonchev–Trinajstić information content (AvgIpc) is 3.24. The fourth-order valence-electron chi connectivity index (χ4n) is 2.93. The predicted octanol–water partition coefficient (Wildman–Crippen LogP) is 2.86. The molecule has 1 fully saturated rings. The summed E-state index contributed by atoms with van der Waals surface area (Å²) in [6.07, 6.45) is -2.44. The third-order valence-electron chi connectivity index (χ3n) is 4.19. The standard InChI is InChI=1S/C17H18F3N3O2/c1-23(10-11-5-2-3-6-12(11)17(18,19)20)16(24)14-9-13(21-22-14)15-7-4-8-25-15/h2-8,13-14,21-22H,9-10H2,1H3. The zero-order valence-corrected chi connectivity index (χ0v) is 13.5. The molecule has 25 heavy (non-hydrogen) atoms. The number of alkyl halides is 3. The number of carbonyl (C=O) groups is 1. The van der Waals surface area contributed by atoms with Crippen LogP contribution in [0.3, 0.4) is 0 Å². The first-order valence-corrected chi connectivity index (χ1v) is 7.81. The summed E-state index contributed by atoms with van der Waals surface area (Å²) in [6, 6.07) is 8.16. The zero-order valence-electron chi connectivity index (χ0n) is 13.5. The van der Waals surface area contributed by atoms with E-state index in [1.807, 2.05) is 0 Å². The molecule has 0 radical (unpaired) electrons. The zero-order chi connectivity index (χ0) is 18.0. The van der Waals surface area contributed by atoms with Crippen molar-refractivity contribution in [3.05, 3.63) is 59.5 Å². The van der Waals surface area contributed by atoms with Crippen LogP contribution in [0, 0.1) is 0 Å². The fourth-order valence-corrected chi connectivity index (χ4v) is 2.93. The van der Waals surface area contributed by atoms with Gasteiger partial charge in [0.15, 0.2) is 0 Å². The Kier molecular flexibility index (Phi) is 4.82. The van der Waals surface area contributed by atoms with Gasteiger partial charge in [-0.2, -0.15) is 13.2 Å². The van der Waals surface area contributed by atoms with E-state index in [1.54, 1.807) is 18.4 Å². The number of carbonyl (C=O) groups excluding carboxylic acids is 1. The van der Waals surface area contributed by atoms with Gasteiger partial charge in [0.05, 0.1) is 17.9 Å². The Labute approximate surface area is 142 Å². The maximum atomic E-state index is 13.1. The number of likely N-dealkylation sites (N-methyl/N-ethyl adjacent to an activating group) is 1. The van der Waals surface area contributed by atoms with E-state index in [9.17, 15) is 18.0 Å². The van der Waals surface area contributed by atoms with Crippen molar-refractivity contribution >= 4 is 5.91 Å². The first kappa shape index (κ1) is 17.5. The Morgan fingerprint density at radius 1 is 1.24 bits per heavy atom. The van der Waals surface area contributed by atoms with Gasteiger partial charge in [-0.25, -0.2) is 10.9 Å². The Morgan fingerprint density at radius 2 is 2.00 bits per heavy atom. The second-order valence-corrected chi connectivity index (χ2v) is 5.99. The highest BCUT2D eigenvalue weighted by Gasteiger charge is 2.35. The first-order chi connectivity index (χ1) is 11.9. The third-order valence-corrected chi connectivity index (χ3v) is 4.19. The molecule has 1 amide bonds. The number of benzene rings is 1. The number of hydrogen-bond acceptors (Lipinski definition) is 4. The maximum Gasteiger partial charge on any atom is 0.416 e. The van der Waals surface area contributed by atoms with Crippen molar-refractivity contribution in [3.8, 4) is 0 Å². The molecule has 1 aliphatic heterocycles. The molecule has 2 aromatic rings. The molecule has 1 aliphatic rings. The van der Waals surface area contributed by atoms with Gasteiger partial charge in [0, 0.05) is 13.6 Å². The van der Waals surface area contributed by atoms with Gasteiger partial charge in [0.25, 0.3) is 0 Å². The number of nitrogens with zero attached hydrogens (tertiary/aromatic N) is 1. The Morgan fingerprint density at radius 3 is 2.68 bits per heavy atom. The molecule has 2 unspecified atom stereocenters. The summed E-state index contributed by atoms with van der Waals surface area (Å²) < 4.78 is 44.5. The first-order valence-electron chi connectivity index (χ1n) is 7.81. The number of hydrogen-bond donors (Lipinski definition) is 2. The monoisotopic (exact) mass is 353 g/mol. The molecule has 2 atom stereocenters. The lowest BCUT2D eigenvalue weighted by molar-refractivity contribution is -0.139. The minimum atomic E-state index is -4.45. The maximum absolute atomic E-state index is 13.1. The van der Waals surface area contributed by atoms with E-state index >= 15 is 0 Å². The minimum absolute atomic E-state index is 0.0689. The second kappa shape index (κ2) is 6.89. The van der Waals surface area contributed by atoms with Gasteiger partial charge in [0.1, 0.15) is 11.8 Å². The predicted molar refractivity (Wildman–Crippen MR) is 84.0 cm³/mol. The van der Waals surface area contributed by atoms with Crippen molar-refractivity contribution in [3.63, 3.8) is 0 Å². The van der Waals surface area contributed by atoms with Crippen molar-refractivity contribution < 1.29 is 22.4 Å². The fraction of sp³-hybridized carbons (Fsp3) is 0.353. The van der Waals surface area contributed by atoms with Gasteiger partial charge >= 0.3 is 6.18 Å². The van der Waals surface area contributed by atoms with Crippen molar-refractivity contribution in [1.29, 1.82) is 0 Å². The molecule has 1 aromatic heterocycles. The van der Waals surface area contributed by atoms with Crippen LogP contribution in [0.25, 0.3) is 0 Å². The number of halogens is 3. The van der Waals surface area contributed by atoms with Gasteiger partial charge in [-0.3, -0.25) is 4.79 Å². The molecule has 0 bridgehead atoms. The van der Waals surface area contributed by atoms with Crippen molar-refractivity contribution in [2.24, 2.45) is 0 Å². The van der Waals surface area contributed by atoms with E-state index < -0.39 is 17.8 Å². The molecule has 3 rings (SSSR count). The van der Waals surface area contributed by atoms with Crippen LogP contribution in [-0.2, 0) is 17.5 Å². The molecule has 0 saturated carbocycles. The summed E-state index contributed by atoms with van der Waals surface area (Å²) in [7, 11) is 1.50. The minimum Gasteiger partial charge on any atom is -0.468 e. The Balaban J connectivity index is 1.66. The largest absolute Gasteiger partial charge is 0.468 e. The molecular weight excluding hydrogens is 335 g/mol. The lowest BCUT2D eigenvalue weighted by atomic mass is 10.0. The van der Waals surface area contributed by atoms with Gasteiger partial charge in [-0.15, -0.1) is 0 Å². The molecule has 8 heteroatoms. The molecule has 0 aliphatic carbocycles. The summed E-state index contributed by atoms with van der Waals surface area (Å²) in [6.45, 7) is -0.113. The molecule has 1 aromatic carbocycles. The normalized spacial score (nSPS) is 20.6. The van der Waals surface area contributed by atoms with E-state index in [-0.39, 0.29) is 24.1 Å². The van der Waals surface area contributed by atoms with E-state index in [2.05, 4.69) is 10.9 Å². The highest BCUT2D eigenvalue weighted by molar-refractivity contribution is 5.82. The van der Waals surface area contributed by atoms with E-state index in [1.165, 1.54) is 30.1 Å². The number of nitrogens with one attached hydrogen (secondary N) is 2. The topological polar surface area (TPSA) is 57.5 Å². The smallest absolute Gasteiger partial charge is 0.416 e. The highest BCUT2D eigenvalue weighted by atomic mass is 19.4. The third kappa shape index (κ3) is 3.85. The number of amides is 1. The number of rotatable bonds is 4. The highest BCUT2D eigenvalue weighted by Crippen LogP contribution is 2.32. The van der Waals surface area contributed by atoms with Crippen molar-refractivity contribution in [1.82, 2.24) is 15.8 Å². The SMILES string of the molecule is CN(Cc1ccccc1C(F)(F)F)C(=O)C1CC(c2ccco2)NN1. The quantitative estimate of drug-likeness (QED) is 0.888. The van der Waals surface area contributed by atoms with Gasteiger partial charge in [-0.1, -0.05) is 18.2 Å². The van der Waals surface area contributed by atoms with Crippen LogP contribution in [0.1, 0.15) is 29.3 Å². The summed E-state index contributed by atoms with van der Waals surface area (Å²) in [5, 5.41) is 0. The summed E-state index contributed by atoms with van der Waals surface area (Å²) >= 11 is 0. The molecule has 5 nitrogen and oxygen atoms in total. The molecule has 134 valence electrons. The lowest BCUT2D eigenvalue weighted by Crippen LogP contribution is -2.43. The summed E-state index contributed by atoms with van der Waals surface area (Å²) in [5.41, 5.74) is 5.20. The van der Waals surface area contributed by atoms with Gasteiger partial charge < -0.3 is 9.32 Å². The van der Waals surface area contributed by atoms with Crippen LogP contribution in [0.2, 0.25) is 0 Å². The van der Waals surface area contributed by atoms with Crippen LogP contribution in [0.5, 0.6) is 0 Å². The number of furan rings is 1. The van der Waals surface area contributed by atoms with Crippen LogP contribution in [-0.4, -0.2) is 23.9 Å². The second-order valence-electron chi connectivity index (χ2n) is 5.99. The summed E-state index contributed by atoms with van der Waals surface area (Å²) in [4.78, 5) is 13.8. The van der Waals surface area contributed by atoms with Gasteiger partial charge in [0.2, 0.25) is 5.91 Å². The molecule has 2 N–H and O–H groups in total. The molecular formula is C17H18F3N3O2. The molecule has 1 saturated heterocycles. The summed E-state index contributed by atoms with van der Waals surface area (Å²) in [5.74, 6) is 0.423. The van der Waals surface area contributed by atoms with Crippen LogP contribution in [0.15, 0.2) is 47.1 Å². The van der Waals surface area contributed by atoms with Crippen LogP contribution < -0.4 is 10.9 Å². The Bertz CT molecular complexity index is 731. The lowest BCUT2D eigenvalue weighted by Gasteiger charge is -2.22. The molecule has 2 heterocycles. The van der Waals surface area contributed by atoms with Crippen molar-refractivity contribution in [2.45, 2.75) is 31.2 Å². The van der Waals surface area contributed by atoms with Crippen LogP contribution >= 0.6 is 0 Å².